The number of benzene rings is 2. The summed E-state index contributed by atoms with van der Waals surface area (Å²) >= 11 is 5.69. The van der Waals surface area contributed by atoms with Gasteiger partial charge in [0.1, 0.15) is 11.5 Å². The molecule has 7 heteroatoms. The number of sulfonamides is 1. The molecule has 0 N–H and O–H groups in total. The minimum Gasteiger partial charge on any atom is -0.497 e. The van der Waals surface area contributed by atoms with Crippen molar-refractivity contribution in [3.8, 4) is 11.5 Å². The zero-order valence-electron chi connectivity index (χ0n) is 15.7. The Morgan fingerprint density at radius 1 is 0.815 bits per heavy atom. The average Bonchev–Trinajstić information content (AvgIpc) is 2.68. The van der Waals surface area contributed by atoms with Crippen LogP contribution in [0.3, 0.4) is 0 Å². The van der Waals surface area contributed by atoms with Crippen LogP contribution in [-0.2, 0) is 23.1 Å². The quantitative estimate of drug-likeness (QED) is 0.413. The van der Waals surface area contributed by atoms with Gasteiger partial charge in [0, 0.05) is 19.0 Å². The summed E-state index contributed by atoms with van der Waals surface area (Å²) in [5.74, 6) is 2.04. The Balaban J connectivity index is 2.20. The molecule has 0 spiro atoms. The maximum Gasteiger partial charge on any atom is 0.214 e. The Labute approximate surface area is 166 Å². The van der Waals surface area contributed by atoms with Crippen LogP contribution < -0.4 is 9.47 Å². The van der Waals surface area contributed by atoms with Gasteiger partial charge >= 0.3 is 0 Å². The Hall–Kier alpha value is -1.76. The largest absolute Gasteiger partial charge is 0.497 e. The van der Waals surface area contributed by atoms with Crippen LogP contribution in [-0.4, -0.2) is 38.6 Å². The van der Waals surface area contributed by atoms with Crippen LogP contribution in [0.2, 0.25) is 0 Å². The van der Waals surface area contributed by atoms with E-state index in [0.29, 0.717) is 31.8 Å². The molecule has 0 saturated heterocycles. The first-order valence-electron chi connectivity index (χ1n) is 8.78. The van der Waals surface area contributed by atoms with Gasteiger partial charge in [0.25, 0.3) is 0 Å². The summed E-state index contributed by atoms with van der Waals surface area (Å²) in [6.45, 7) is 0.610. The summed E-state index contributed by atoms with van der Waals surface area (Å²) in [5.41, 5.74) is 1.82. The van der Waals surface area contributed by atoms with Crippen LogP contribution in [0.4, 0.5) is 0 Å². The van der Waals surface area contributed by atoms with Crippen molar-refractivity contribution in [1.82, 2.24) is 4.31 Å². The molecule has 0 aliphatic heterocycles. The molecular weight excluding hydrogens is 386 g/mol. The lowest BCUT2D eigenvalue weighted by Crippen LogP contribution is -2.32. The lowest BCUT2D eigenvalue weighted by Gasteiger charge is -2.23. The van der Waals surface area contributed by atoms with E-state index in [9.17, 15) is 8.42 Å². The van der Waals surface area contributed by atoms with Crippen LogP contribution in [0, 0.1) is 0 Å². The molecule has 0 saturated carbocycles. The van der Waals surface area contributed by atoms with Gasteiger partial charge in [-0.05, 0) is 48.2 Å². The van der Waals surface area contributed by atoms with Crippen molar-refractivity contribution >= 4 is 21.6 Å². The topological polar surface area (TPSA) is 55.8 Å². The first kappa shape index (κ1) is 21.5. The van der Waals surface area contributed by atoms with Gasteiger partial charge in [-0.3, -0.25) is 0 Å². The number of methoxy groups -OCH3 is 2. The highest BCUT2D eigenvalue weighted by Gasteiger charge is 2.22. The van der Waals surface area contributed by atoms with Crippen molar-refractivity contribution in [1.29, 1.82) is 0 Å². The third-order valence-electron chi connectivity index (χ3n) is 4.22. The molecule has 0 fully saturated rings. The fourth-order valence-corrected chi connectivity index (χ4v) is 4.34. The summed E-state index contributed by atoms with van der Waals surface area (Å²) in [7, 11) is -0.203. The predicted molar refractivity (Wildman–Crippen MR) is 109 cm³/mol. The number of alkyl halides is 1. The second kappa shape index (κ2) is 10.5. The second-order valence-electron chi connectivity index (χ2n) is 6.18. The Bertz CT molecular complexity index is 742. The van der Waals surface area contributed by atoms with Gasteiger partial charge in [-0.25, -0.2) is 8.42 Å². The minimum atomic E-state index is -3.41. The van der Waals surface area contributed by atoms with Crippen molar-refractivity contribution in [3.05, 3.63) is 59.7 Å². The molecule has 0 aromatic heterocycles. The number of halogens is 1. The number of hydrogen-bond donors (Lipinski definition) is 0. The zero-order chi connectivity index (χ0) is 19.7. The monoisotopic (exact) mass is 411 g/mol. The molecule has 27 heavy (non-hydrogen) atoms. The van der Waals surface area contributed by atoms with E-state index in [1.54, 1.807) is 14.2 Å². The maximum absolute atomic E-state index is 12.9. The molecule has 2 rings (SSSR count). The van der Waals surface area contributed by atoms with Crippen molar-refractivity contribution in [3.63, 3.8) is 0 Å². The third kappa shape index (κ3) is 6.72. The summed E-state index contributed by atoms with van der Waals surface area (Å²) < 4.78 is 37.6. The van der Waals surface area contributed by atoms with Gasteiger partial charge in [-0.15, -0.1) is 11.6 Å². The van der Waals surface area contributed by atoms with Crippen LogP contribution in [0.15, 0.2) is 48.5 Å². The Kier molecular flexibility index (Phi) is 8.41. The number of hydrogen-bond acceptors (Lipinski definition) is 4. The SMILES string of the molecule is COc1ccc(CN(Cc2ccc(OC)cc2)S(=O)(=O)CCCCCl)cc1. The maximum atomic E-state index is 12.9. The van der Waals surface area contributed by atoms with E-state index in [-0.39, 0.29) is 5.75 Å². The van der Waals surface area contributed by atoms with Gasteiger partial charge in [-0.1, -0.05) is 24.3 Å². The molecule has 0 radical (unpaired) electrons. The van der Waals surface area contributed by atoms with E-state index in [0.717, 1.165) is 22.6 Å². The summed E-state index contributed by atoms with van der Waals surface area (Å²) in [5, 5.41) is 0. The highest BCUT2D eigenvalue weighted by atomic mass is 35.5. The number of ether oxygens (including phenoxy) is 2. The molecule has 2 aromatic carbocycles. The van der Waals surface area contributed by atoms with Crippen molar-refractivity contribution in [2.24, 2.45) is 0 Å². The van der Waals surface area contributed by atoms with Crippen LogP contribution in [0.1, 0.15) is 24.0 Å². The minimum absolute atomic E-state index is 0.0893. The number of rotatable bonds is 11. The molecule has 0 bridgehead atoms. The lowest BCUT2D eigenvalue weighted by atomic mass is 10.2. The van der Waals surface area contributed by atoms with Gasteiger partial charge in [0.2, 0.25) is 10.0 Å². The van der Waals surface area contributed by atoms with E-state index >= 15 is 0 Å². The number of unbranched alkanes of at least 4 members (excludes halogenated alkanes) is 1. The van der Waals surface area contributed by atoms with E-state index in [1.165, 1.54) is 4.31 Å². The number of nitrogens with zero attached hydrogens (tertiary/aromatic N) is 1. The van der Waals surface area contributed by atoms with Crippen molar-refractivity contribution in [2.75, 3.05) is 25.9 Å². The summed E-state index contributed by atoms with van der Waals surface area (Å²) in [6, 6.07) is 14.9. The second-order valence-corrected chi connectivity index (χ2v) is 8.64. The normalized spacial score (nSPS) is 11.6. The van der Waals surface area contributed by atoms with E-state index < -0.39 is 10.0 Å². The van der Waals surface area contributed by atoms with E-state index in [1.807, 2.05) is 48.5 Å². The van der Waals surface area contributed by atoms with E-state index in [4.69, 9.17) is 21.1 Å². The fraction of sp³-hybridized carbons (Fsp3) is 0.400. The molecule has 0 atom stereocenters. The average molecular weight is 412 g/mol. The molecule has 0 heterocycles. The van der Waals surface area contributed by atoms with Crippen molar-refractivity contribution < 1.29 is 17.9 Å². The van der Waals surface area contributed by atoms with Gasteiger partial charge in [0.15, 0.2) is 0 Å². The van der Waals surface area contributed by atoms with Gasteiger partial charge in [-0.2, -0.15) is 4.31 Å². The summed E-state index contributed by atoms with van der Waals surface area (Å²) in [6.07, 6.45) is 1.23. The van der Waals surface area contributed by atoms with Crippen molar-refractivity contribution in [2.45, 2.75) is 25.9 Å². The molecule has 0 aliphatic carbocycles. The molecule has 0 amide bonds. The molecule has 0 aliphatic rings. The Morgan fingerprint density at radius 3 is 1.63 bits per heavy atom. The molecule has 148 valence electrons. The van der Waals surface area contributed by atoms with E-state index in [2.05, 4.69) is 0 Å². The summed E-state index contributed by atoms with van der Waals surface area (Å²) in [4.78, 5) is 0. The van der Waals surface area contributed by atoms with Crippen LogP contribution in [0.25, 0.3) is 0 Å². The lowest BCUT2D eigenvalue weighted by molar-refractivity contribution is 0.397. The zero-order valence-corrected chi connectivity index (χ0v) is 17.3. The van der Waals surface area contributed by atoms with Crippen LogP contribution in [0.5, 0.6) is 11.5 Å². The van der Waals surface area contributed by atoms with Gasteiger partial charge < -0.3 is 9.47 Å². The highest BCUT2D eigenvalue weighted by Crippen LogP contribution is 2.20. The predicted octanol–water partition coefficient (Wildman–Crippen LogP) is 4.05. The molecular formula is C20H26ClNO4S. The third-order valence-corrected chi connectivity index (χ3v) is 6.33. The fourth-order valence-electron chi connectivity index (χ4n) is 2.63. The first-order valence-corrected chi connectivity index (χ1v) is 10.9. The first-order chi connectivity index (χ1) is 13.0. The highest BCUT2D eigenvalue weighted by molar-refractivity contribution is 7.89. The smallest absolute Gasteiger partial charge is 0.214 e. The Morgan fingerprint density at radius 2 is 1.26 bits per heavy atom. The standard InChI is InChI=1S/C20H26ClNO4S/c1-25-19-9-5-17(6-10-19)15-22(27(23,24)14-4-3-13-21)16-18-7-11-20(26-2)12-8-18/h5-12H,3-4,13-16H2,1-2H3. The van der Waals surface area contributed by atoms with Gasteiger partial charge in [0.05, 0.1) is 20.0 Å². The molecule has 2 aromatic rings. The molecule has 5 nitrogen and oxygen atoms in total. The van der Waals surface area contributed by atoms with Crippen LogP contribution >= 0.6 is 11.6 Å². The molecule has 0 unspecified atom stereocenters.